The zero-order valence-corrected chi connectivity index (χ0v) is 18.0. The minimum atomic E-state index is -1.31. The molecule has 0 aromatic heterocycles. The highest BCUT2D eigenvalue weighted by Crippen LogP contribution is 2.49. The summed E-state index contributed by atoms with van der Waals surface area (Å²) in [6.45, 7) is 0.370. The SMILES string of the molecule is COc1ccc(N2CN(C)N(C(=O)Cc3ccccc3)C23C(=O)Nc2ccccc23)cc1. The lowest BCUT2D eigenvalue weighted by molar-refractivity contribution is -0.157. The number of nitrogens with one attached hydrogen (secondary N) is 1. The van der Waals surface area contributed by atoms with E-state index in [1.807, 2.05) is 95.8 Å². The van der Waals surface area contributed by atoms with Gasteiger partial charge >= 0.3 is 0 Å². The van der Waals surface area contributed by atoms with E-state index in [0.717, 1.165) is 22.6 Å². The monoisotopic (exact) mass is 428 g/mol. The highest BCUT2D eigenvalue weighted by Gasteiger charge is 2.62. The van der Waals surface area contributed by atoms with Crippen molar-refractivity contribution in [3.8, 4) is 5.75 Å². The van der Waals surface area contributed by atoms with Gasteiger partial charge in [-0.3, -0.25) is 9.59 Å². The predicted octanol–water partition coefficient (Wildman–Crippen LogP) is 3.20. The molecule has 5 rings (SSSR count). The van der Waals surface area contributed by atoms with Crippen molar-refractivity contribution in [2.24, 2.45) is 0 Å². The number of hydrazine groups is 1. The number of anilines is 2. The van der Waals surface area contributed by atoms with E-state index in [2.05, 4.69) is 5.32 Å². The molecule has 1 spiro atoms. The number of rotatable bonds is 4. The van der Waals surface area contributed by atoms with Crippen LogP contribution in [0.4, 0.5) is 11.4 Å². The average molecular weight is 428 g/mol. The largest absolute Gasteiger partial charge is 0.497 e. The van der Waals surface area contributed by atoms with Crippen LogP contribution in [0.5, 0.6) is 5.75 Å². The maximum absolute atomic E-state index is 13.7. The van der Waals surface area contributed by atoms with Gasteiger partial charge in [0.25, 0.3) is 5.91 Å². The number of hydrogen-bond donors (Lipinski definition) is 1. The van der Waals surface area contributed by atoms with Crippen molar-refractivity contribution in [3.05, 3.63) is 90.0 Å². The Morgan fingerprint density at radius 3 is 2.41 bits per heavy atom. The zero-order valence-electron chi connectivity index (χ0n) is 18.0. The van der Waals surface area contributed by atoms with Crippen LogP contribution < -0.4 is 15.0 Å². The summed E-state index contributed by atoms with van der Waals surface area (Å²) in [5, 5.41) is 6.42. The number of ether oxygens (including phenoxy) is 1. The molecule has 162 valence electrons. The summed E-state index contributed by atoms with van der Waals surface area (Å²) in [6.07, 6.45) is 0.193. The van der Waals surface area contributed by atoms with Crippen LogP contribution in [-0.4, -0.2) is 42.7 Å². The molecule has 1 unspecified atom stereocenters. The van der Waals surface area contributed by atoms with Crippen LogP contribution in [0.2, 0.25) is 0 Å². The van der Waals surface area contributed by atoms with E-state index in [4.69, 9.17) is 4.74 Å². The Morgan fingerprint density at radius 2 is 1.69 bits per heavy atom. The van der Waals surface area contributed by atoms with Crippen molar-refractivity contribution < 1.29 is 14.3 Å². The maximum atomic E-state index is 13.7. The molecular formula is C25H24N4O3. The van der Waals surface area contributed by atoms with Gasteiger partial charge in [-0.05, 0) is 35.9 Å². The van der Waals surface area contributed by atoms with E-state index >= 15 is 0 Å². The highest BCUT2D eigenvalue weighted by atomic mass is 16.5. The first-order valence-corrected chi connectivity index (χ1v) is 10.5. The van der Waals surface area contributed by atoms with E-state index in [1.165, 1.54) is 0 Å². The second-order valence-electron chi connectivity index (χ2n) is 7.96. The summed E-state index contributed by atoms with van der Waals surface area (Å²) in [6, 6.07) is 24.7. The normalized spacial score (nSPS) is 19.9. The molecule has 32 heavy (non-hydrogen) atoms. The third kappa shape index (κ3) is 2.93. The first-order chi connectivity index (χ1) is 15.6. The third-order valence-corrected chi connectivity index (χ3v) is 6.07. The zero-order chi connectivity index (χ0) is 22.3. The van der Waals surface area contributed by atoms with Gasteiger partial charge in [0.15, 0.2) is 0 Å². The second-order valence-corrected chi connectivity index (χ2v) is 7.96. The smallest absolute Gasteiger partial charge is 0.277 e. The molecule has 0 aliphatic carbocycles. The maximum Gasteiger partial charge on any atom is 0.277 e. The van der Waals surface area contributed by atoms with Crippen molar-refractivity contribution >= 4 is 23.2 Å². The van der Waals surface area contributed by atoms with E-state index in [0.29, 0.717) is 12.4 Å². The van der Waals surface area contributed by atoms with Gasteiger partial charge < -0.3 is 15.0 Å². The third-order valence-electron chi connectivity index (χ3n) is 6.07. The summed E-state index contributed by atoms with van der Waals surface area (Å²) in [4.78, 5) is 29.3. The van der Waals surface area contributed by atoms with Gasteiger partial charge in [0, 0.05) is 24.0 Å². The first kappa shape index (κ1) is 20.1. The number of nitrogens with zero attached hydrogens (tertiary/aromatic N) is 3. The first-order valence-electron chi connectivity index (χ1n) is 10.5. The molecule has 2 amide bonds. The molecule has 0 saturated carbocycles. The molecule has 7 heteroatoms. The Hall–Kier alpha value is -3.84. The molecule has 0 radical (unpaired) electrons. The number of benzene rings is 3. The van der Waals surface area contributed by atoms with Gasteiger partial charge in [-0.1, -0.05) is 48.5 Å². The van der Waals surface area contributed by atoms with Gasteiger partial charge in [-0.25, -0.2) is 5.01 Å². The number of hydrogen-bond acceptors (Lipinski definition) is 5. The Balaban J connectivity index is 1.64. The van der Waals surface area contributed by atoms with Gasteiger partial charge in [0.1, 0.15) is 5.75 Å². The van der Waals surface area contributed by atoms with Crippen LogP contribution in [0.15, 0.2) is 78.9 Å². The van der Waals surface area contributed by atoms with E-state index in [9.17, 15) is 9.59 Å². The predicted molar refractivity (Wildman–Crippen MR) is 122 cm³/mol. The molecule has 2 aliphatic heterocycles. The second kappa shape index (κ2) is 7.69. The van der Waals surface area contributed by atoms with Gasteiger partial charge in [0.2, 0.25) is 11.6 Å². The summed E-state index contributed by atoms with van der Waals surface area (Å²) < 4.78 is 5.30. The number of carbonyl (C=O) groups is 2. The van der Waals surface area contributed by atoms with Crippen LogP contribution in [0.25, 0.3) is 0 Å². The minimum absolute atomic E-state index is 0.151. The van der Waals surface area contributed by atoms with Crippen LogP contribution in [0.1, 0.15) is 11.1 Å². The number of fused-ring (bicyclic) bond motifs is 2. The summed E-state index contributed by atoms with van der Waals surface area (Å²) in [5.74, 6) is 0.325. The van der Waals surface area contributed by atoms with E-state index < -0.39 is 5.66 Å². The van der Waals surface area contributed by atoms with Crippen LogP contribution in [0, 0.1) is 0 Å². The number of amides is 2. The lowest BCUT2D eigenvalue weighted by Crippen LogP contribution is -2.59. The molecule has 2 aliphatic rings. The molecule has 1 atom stereocenters. The molecule has 1 fully saturated rings. The lowest BCUT2D eigenvalue weighted by Gasteiger charge is -2.39. The quantitative estimate of drug-likeness (QED) is 0.692. The number of para-hydroxylation sites is 1. The summed E-state index contributed by atoms with van der Waals surface area (Å²) in [7, 11) is 3.45. The van der Waals surface area contributed by atoms with Crippen LogP contribution >= 0.6 is 0 Å². The van der Waals surface area contributed by atoms with Gasteiger partial charge in [-0.15, -0.1) is 0 Å². The standard InChI is InChI=1S/C25H24N4O3/c1-27-17-28(19-12-14-20(32-2)15-13-19)25(21-10-6-7-11-22(21)26-24(25)31)29(27)23(30)16-18-8-4-3-5-9-18/h3-15H,16-17H2,1-2H3,(H,26,31). The number of carbonyl (C=O) groups excluding carboxylic acids is 2. The molecular weight excluding hydrogens is 404 g/mol. The summed E-state index contributed by atoms with van der Waals surface area (Å²) >= 11 is 0. The number of methoxy groups -OCH3 is 1. The topological polar surface area (TPSA) is 65.1 Å². The van der Waals surface area contributed by atoms with Gasteiger partial charge in [0.05, 0.1) is 20.2 Å². The molecule has 3 aromatic rings. The fourth-order valence-electron chi connectivity index (χ4n) is 4.68. The van der Waals surface area contributed by atoms with E-state index in [-0.39, 0.29) is 18.2 Å². The molecule has 2 heterocycles. The minimum Gasteiger partial charge on any atom is -0.497 e. The van der Waals surface area contributed by atoms with Gasteiger partial charge in [-0.2, -0.15) is 5.01 Å². The molecule has 0 bridgehead atoms. The van der Waals surface area contributed by atoms with Crippen molar-refractivity contribution in [3.63, 3.8) is 0 Å². The molecule has 1 saturated heterocycles. The Labute approximate surface area is 186 Å². The lowest BCUT2D eigenvalue weighted by atomic mass is 9.97. The van der Waals surface area contributed by atoms with Crippen molar-refractivity contribution in [2.45, 2.75) is 12.1 Å². The molecule has 1 N–H and O–H groups in total. The Morgan fingerprint density at radius 1 is 1.00 bits per heavy atom. The fourth-order valence-corrected chi connectivity index (χ4v) is 4.68. The Kier molecular flexibility index (Phi) is 4.83. The van der Waals surface area contributed by atoms with E-state index in [1.54, 1.807) is 12.1 Å². The fraction of sp³-hybridized carbons (Fsp3) is 0.200. The van der Waals surface area contributed by atoms with Crippen molar-refractivity contribution in [1.82, 2.24) is 10.0 Å². The molecule has 7 nitrogen and oxygen atoms in total. The van der Waals surface area contributed by atoms with Crippen LogP contribution in [0.3, 0.4) is 0 Å². The van der Waals surface area contributed by atoms with Crippen molar-refractivity contribution in [1.29, 1.82) is 0 Å². The average Bonchev–Trinajstić information content (AvgIpc) is 3.29. The Bertz CT molecular complexity index is 1170. The van der Waals surface area contributed by atoms with Crippen molar-refractivity contribution in [2.75, 3.05) is 31.0 Å². The van der Waals surface area contributed by atoms with Crippen LogP contribution in [-0.2, 0) is 21.7 Å². The molecule has 3 aromatic carbocycles. The highest BCUT2D eigenvalue weighted by molar-refractivity contribution is 6.10. The summed E-state index contributed by atoms with van der Waals surface area (Å²) in [5.41, 5.74) is 1.87.